The molecule has 1 aromatic heterocycles. The predicted molar refractivity (Wildman–Crippen MR) is 69.7 cm³/mol. The Morgan fingerprint density at radius 1 is 0.950 bits per heavy atom. The van der Waals surface area contributed by atoms with Crippen LogP contribution < -0.4 is 0 Å². The Bertz CT molecular complexity index is 670. The van der Waals surface area contributed by atoms with E-state index in [0.29, 0.717) is 6.07 Å². The molecule has 20 heavy (non-hydrogen) atoms. The Labute approximate surface area is 126 Å². The van der Waals surface area contributed by atoms with E-state index in [1.807, 2.05) is 0 Å². The van der Waals surface area contributed by atoms with Gasteiger partial charge in [0.1, 0.15) is 11.4 Å². The standard InChI is InChI=1S/C12H4Cl3F4N/c13-6-2-1-5(9(14)10(6)15)11-8(12(17,18)19)7(16)3-4-20-11/h1-4H. The highest BCUT2D eigenvalue weighted by Crippen LogP contribution is 2.42. The molecule has 0 aliphatic carbocycles. The maximum Gasteiger partial charge on any atom is 0.421 e. The molecule has 0 amide bonds. The summed E-state index contributed by atoms with van der Waals surface area (Å²) in [4.78, 5) is 3.56. The highest BCUT2D eigenvalue weighted by atomic mass is 35.5. The molecule has 1 heterocycles. The van der Waals surface area contributed by atoms with E-state index in [0.717, 1.165) is 6.20 Å². The second kappa shape index (κ2) is 5.39. The van der Waals surface area contributed by atoms with E-state index in [-0.39, 0.29) is 20.6 Å². The second-order valence-corrected chi connectivity index (χ2v) is 4.90. The van der Waals surface area contributed by atoms with Gasteiger partial charge in [0.2, 0.25) is 0 Å². The molecule has 0 saturated heterocycles. The number of rotatable bonds is 1. The van der Waals surface area contributed by atoms with E-state index in [2.05, 4.69) is 4.98 Å². The van der Waals surface area contributed by atoms with Crippen LogP contribution >= 0.6 is 34.8 Å². The summed E-state index contributed by atoms with van der Waals surface area (Å²) < 4.78 is 52.3. The van der Waals surface area contributed by atoms with E-state index >= 15 is 0 Å². The Balaban J connectivity index is 2.78. The first-order valence-electron chi connectivity index (χ1n) is 5.09. The minimum atomic E-state index is -4.91. The molecule has 0 N–H and O–H groups in total. The van der Waals surface area contributed by atoms with E-state index in [4.69, 9.17) is 34.8 Å². The summed E-state index contributed by atoms with van der Waals surface area (Å²) in [5.41, 5.74) is -2.28. The van der Waals surface area contributed by atoms with Crippen LogP contribution in [-0.4, -0.2) is 4.98 Å². The highest BCUT2D eigenvalue weighted by Gasteiger charge is 2.38. The highest BCUT2D eigenvalue weighted by molar-refractivity contribution is 6.49. The predicted octanol–water partition coefficient (Wildman–Crippen LogP) is 5.87. The number of nitrogens with zero attached hydrogens (tertiary/aromatic N) is 1. The Hall–Kier alpha value is -1.04. The topological polar surface area (TPSA) is 12.9 Å². The van der Waals surface area contributed by atoms with Gasteiger partial charge in [-0.15, -0.1) is 0 Å². The monoisotopic (exact) mass is 343 g/mol. The van der Waals surface area contributed by atoms with Gasteiger partial charge in [-0.1, -0.05) is 34.8 Å². The van der Waals surface area contributed by atoms with Crippen LogP contribution in [0, 0.1) is 5.82 Å². The summed E-state index contributed by atoms with van der Waals surface area (Å²) >= 11 is 17.3. The van der Waals surface area contributed by atoms with Crippen molar-refractivity contribution < 1.29 is 17.6 Å². The Morgan fingerprint density at radius 2 is 1.60 bits per heavy atom. The number of pyridine rings is 1. The molecular formula is C12H4Cl3F4N. The van der Waals surface area contributed by atoms with Crippen molar-refractivity contribution in [2.45, 2.75) is 6.18 Å². The molecular weight excluding hydrogens is 340 g/mol. The van der Waals surface area contributed by atoms with Gasteiger partial charge in [0.05, 0.1) is 20.8 Å². The fourth-order valence-corrected chi connectivity index (χ4v) is 2.25. The largest absolute Gasteiger partial charge is 0.421 e. The first kappa shape index (κ1) is 15.4. The number of hydrogen-bond donors (Lipinski definition) is 0. The summed E-state index contributed by atoms with van der Waals surface area (Å²) in [6, 6.07) is 3.09. The fraction of sp³-hybridized carbons (Fsp3) is 0.0833. The lowest BCUT2D eigenvalue weighted by molar-refractivity contribution is -0.139. The van der Waals surface area contributed by atoms with Crippen molar-refractivity contribution >= 4 is 34.8 Å². The lowest BCUT2D eigenvalue weighted by atomic mass is 10.0. The smallest absolute Gasteiger partial charge is 0.255 e. The molecule has 0 fully saturated rings. The first-order valence-corrected chi connectivity index (χ1v) is 6.22. The molecule has 1 aromatic carbocycles. The SMILES string of the molecule is Fc1ccnc(-c2ccc(Cl)c(Cl)c2Cl)c1C(F)(F)F. The molecule has 106 valence electrons. The average molecular weight is 345 g/mol. The lowest BCUT2D eigenvalue weighted by Gasteiger charge is -2.14. The third kappa shape index (κ3) is 2.71. The van der Waals surface area contributed by atoms with E-state index < -0.39 is 23.3 Å². The maximum absolute atomic E-state index is 13.5. The lowest BCUT2D eigenvalue weighted by Crippen LogP contribution is -2.11. The van der Waals surface area contributed by atoms with Crippen molar-refractivity contribution in [2.75, 3.05) is 0 Å². The van der Waals surface area contributed by atoms with Crippen LogP contribution in [0.1, 0.15) is 5.56 Å². The van der Waals surface area contributed by atoms with Crippen molar-refractivity contribution in [1.82, 2.24) is 4.98 Å². The van der Waals surface area contributed by atoms with Crippen LogP contribution in [0.25, 0.3) is 11.3 Å². The van der Waals surface area contributed by atoms with Crippen molar-refractivity contribution in [1.29, 1.82) is 0 Å². The van der Waals surface area contributed by atoms with Crippen LogP contribution in [0.2, 0.25) is 15.1 Å². The minimum absolute atomic E-state index is 0.0744. The first-order chi connectivity index (χ1) is 9.23. The van der Waals surface area contributed by atoms with Gasteiger partial charge >= 0.3 is 6.18 Å². The molecule has 0 radical (unpaired) electrons. The molecule has 8 heteroatoms. The number of halogens is 7. The molecule has 1 nitrogen and oxygen atoms in total. The van der Waals surface area contributed by atoms with Crippen LogP contribution in [0.5, 0.6) is 0 Å². The molecule has 0 aliphatic rings. The van der Waals surface area contributed by atoms with Gasteiger partial charge in [0, 0.05) is 11.8 Å². The molecule has 0 atom stereocenters. The average Bonchev–Trinajstić information content (AvgIpc) is 2.34. The van der Waals surface area contributed by atoms with Crippen molar-refractivity contribution in [2.24, 2.45) is 0 Å². The third-order valence-electron chi connectivity index (χ3n) is 2.47. The van der Waals surface area contributed by atoms with Crippen molar-refractivity contribution in [3.8, 4) is 11.3 Å². The zero-order valence-electron chi connectivity index (χ0n) is 9.40. The van der Waals surface area contributed by atoms with Crippen LogP contribution in [0.4, 0.5) is 17.6 Å². The van der Waals surface area contributed by atoms with Gasteiger partial charge in [-0.25, -0.2) is 4.39 Å². The quantitative estimate of drug-likeness (QED) is 0.466. The van der Waals surface area contributed by atoms with Crippen LogP contribution in [-0.2, 0) is 6.18 Å². The van der Waals surface area contributed by atoms with Crippen LogP contribution in [0.3, 0.4) is 0 Å². The summed E-state index contributed by atoms with van der Waals surface area (Å²) in [5, 5.41) is -0.266. The molecule has 0 unspecified atom stereocenters. The Morgan fingerprint density at radius 3 is 2.20 bits per heavy atom. The summed E-state index contributed by atoms with van der Waals surface area (Å²) in [7, 11) is 0. The van der Waals surface area contributed by atoms with Gasteiger partial charge in [-0.05, 0) is 18.2 Å². The number of benzene rings is 1. The van der Waals surface area contributed by atoms with E-state index in [9.17, 15) is 17.6 Å². The van der Waals surface area contributed by atoms with E-state index in [1.165, 1.54) is 12.1 Å². The zero-order valence-corrected chi connectivity index (χ0v) is 11.7. The number of hydrogen-bond acceptors (Lipinski definition) is 1. The summed E-state index contributed by atoms with van der Waals surface area (Å²) in [6.45, 7) is 0. The van der Waals surface area contributed by atoms with Gasteiger partial charge in [-0.3, -0.25) is 4.98 Å². The number of alkyl halides is 3. The van der Waals surface area contributed by atoms with E-state index in [1.54, 1.807) is 0 Å². The Kier molecular flexibility index (Phi) is 4.14. The number of aromatic nitrogens is 1. The molecule has 2 aromatic rings. The normalized spacial score (nSPS) is 11.8. The van der Waals surface area contributed by atoms with Gasteiger partial charge in [-0.2, -0.15) is 13.2 Å². The van der Waals surface area contributed by atoms with Gasteiger partial charge < -0.3 is 0 Å². The molecule has 0 spiro atoms. The summed E-state index contributed by atoms with van der Waals surface area (Å²) in [6.07, 6.45) is -4.00. The molecule has 0 aliphatic heterocycles. The molecule has 0 bridgehead atoms. The maximum atomic E-state index is 13.5. The van der Waals surface area contributed by atoms with Gasteiger partial charge in [0.25, 0.3) is 0 Å². The minimum Gasteiger partial charge on any atom is -0.255 e. The molecule has 0 saturated carbocycles. The fourth-order valence-electron chi connectivity index (χ4n) is 1.62. The van der Waals surface area contributed by atoms with Gasteiger partial charge in [0.15, 0.2) is 0 Å². The van der Waals surface area contributed by atoms with Crippen LogP contribution in [0.15, 0.2) is 24.4 Å². The zero-order chi connectivity index (χ0) is 15.1. The van der Waals surface area contributed by atoms with Crippen molar-refractivity contribution in [3.63, 3.8) is 0 Å². The van der Waals surface area contributed by atoms with Crippen molar-refractivity contribution in [3.05, 3.63) is 50.8 Å². The molecule has 2 rings (SSSR count). The summed E-state index contributed by atoms with van der Waals surface area (Å²) in [5.74, 6) is -1.44. The second-order valence-electron chi connectivity index (χ2n) is 3.74. The third-order valence-corrected chi connectivity index (χ3v) is 3.77.